The Balaban J connectivity index is 1.44. The molecule has 0 saturated carbocycles. The van der Waals surface area contributed by atoms with Crippen molar-refractivity contribution in [1.82, 2.24) is 5.43 Å². The third kappa shape index (κ3) is 8.34. The molecule has 1 amide bonds. The van der Waals surface area contributed by atoms with Crippen molar-refractivity contribution in [3.63, 3.8) is 0 Å². The van der Waals surface area contributed by atoms with E-state index in [1.165, 1.54) is 42.6 Å². The maximum absolute atomic E-state index is 12.9. The number of para-hydroxylation sites is 1. The second-order valence-electron chi connectivity index (χ2n) is 8.79. The summed E-state index contributed by atoms with van der Waals surface area (Å²) < 4.78 is 44.7. The second kappa shape index (κ2) is 14.3. The lowest BCUT2D eigenvalue weighted by Gasteiger charge is -2.12. The van der Waals surface area contributed by atoms with E-state index < -0.39 is 21.9 Å². The zero-order chi connectivity index (χ0) is 30.8. The highest BCUT2D eigenvalue weighted by Crippen LogP contribution is 2.29. The van der Waals surface area contributed by atoms with E-state index >= 15 is 0 Å². The summed E-state index contributed by atoms with van der Waals surface area (Å²) in [6.07, 6.45) is 1.37. The number of esters is 1. The number of amides is 1. The summed E-state index contributed by atoms with van der Waals surface area (Å²) in [7, 11) is -3.98. The number of ether oxygens (including phenoxy) is 3. The molecule has 2 N–H and O–H groups in total. The van der Waals surface area contributed by atoms with Gasteiger partial charge < -0.3 is 14.2 Å². The molecule has 0 aliphatic heterocycles. The third-order valence-electron chi connectivity index (χ3n) is 5.79. The minimum Gasteiger partial charge on any atom is -0.494 e. The fraction of sp³-hybridized carbons (Fsp3) is 0.129. The number of nitrogens with zero attached hydrogens (tertiary/aromatic N) is 1. The smallest absolute Gasteiger partial charge is 0.343 e. The lowest BCUT2D eigenvalue weighted by atomic mass is 10.2. The van der Waals surface area contributed by atoms with Gasteiger partial charge >= 0.3 is 5.97 Å². The highest BCUT2D eigenvalue weighted by atomic mass is 35.5. The van der Waals surface area contributed by atoms with Gasteiger partial charge in [-0.25, -0.2) is 18.6 Å². The summed E-state index contributed by atoms with van der Waals surface area (Å²) >= 11 is 5.86. The quantitative estimate of drug-likeness (QED) is 0.0868. The van der Waals surface area contributed by atoms with Crippen molar-refractivity contribution in [2.24, 2.45) is 5.10 Å². The van der Waals surface area contributed by atoms with E-state index in [0.29, 0.717) is 40.9 Å². The van der Waals surface area contributed by atoms with Crippen LogP contribution in [0.2, 0.25) is 5.02 Å². The molecule has 0 aliphatic rings. The summed E-state index contributed by atoms with van der Waals surface area (Å²) in [6, 6.07) is 23.1. The Labute approximate surface area is 254 Å². The fourth-order valence-electron chi connectivity index (χ4n) is 3.78. The van der Waals surface area contributed by atoms with E-state index in [4.69, 9.17) is 25.8 Å². The van der Waals surface area contributed by atoms with Crippen LogP contribution in [0, 0.1) is 0 Å². The fourth-order valence-corrected chi connectivity index (χ4v) is 4.99. The van der Waals surface area contributed by atoms with Gasteiger partial charge in [0, 0.05) is 5.02 Å². The lowest BCUT2D eigenvalue weighted by molar-refractivity contribution is 0.0728. The van der Waals surface area contributed by atoms with Crippen molar-refractivity contribution in [2.75, 3.05) is 17.9 Å². The average molecular weight is 622 g/mol. The predicted molar refractivity (Wildman–Crippen MR) is 164 cm³/mol. The van der Waals surface area contributed by atoms with Crippen LogP contribution < -0.4 is 24.4 Å². The van der Waals surface area contributed by atoms with Crippen LogP contribution in [-0.2, 0) is 10.0 Å². The number of carbonyl (C=O) groups is 2. The summed E-state index contributed by atoms with van der Waals surface area (Å²) in [6.45, 7) is 4.49. The van der Waals surface area contributed by atoms with Crippen molar-refractivity contribution >= 4 is 45.4 Å². The summed E-state index contributed by atoms with van der Waals surface area (Å²) in [5.41, 5.74) is 3.41. The predicted octanol–water partition coefficient (Wildman–Crippen LogP) is 5.92. The largest absolute Gasteiger partial charge is 0.494 e. The van der Waals surface area contributed by atoms with Crippen LogP contribution in [0.1, 0.15) is 40.1 Å². The maximum Gasteiger partial charge on any atom is 0.343 e. The molecular weight excluding hydrogens is 594 g/mol. The topological polar surface area (TPSA) is 132 Å². The minimum atomic E-state index is -3.98. The van der Waals surface area contributed by atoms with Gasteiger partial charge in [-0.2, -0.15) is 5.10 Å². The average Bonchev–Trinajstić information content (AvgIpc) is 2.99. The molecule has 0 aromatic heterocycles. The van der Waals surface area contributed by atoms with Crippen LogP contribution in [0.5, 0.6) is 17.2 Å². The van der Waals surface area contributed by atoms with Gasteiger partial charge in [0.2, 0.25) is 0 Å². The molecule has 0 radical (unpaired) electrons. The van der Waals surface area contributed by atoms with Gasteiger partial charge in [0.1, 0.15) is 5.75 Å². The molecule has 10 nitrogen and oxygen atoms in total. The van der Waals surface area contributed by atoms with E-state index in [0.717, 1.165) is 0 Å². The third-order valence-corrected chi connectivity index (χ3v) is 7.42. The number of halogens is 1. The summed E-state index contributed by atoms with van der Waals surface area (Å²) in [5.74, 6) is -0.0463. The van der Waals surface area contributed by atoms with Gasteiger partial charge in [-0.3, -0.25) is 9.52 Å². The molecule has 0 spiro atoms. The first-order chi connectivity index (χ1) is 20.7. The molecular formula is C31H28ClN3O7S. The SMILES string of the molecule is CCOc1ccc(C(=O)Oc2ccc(/C=N/NC(=O)c3ccccc3NS(=O)(=O)c3ccc(Cl)cc3)cc2OCC)cc1. The van der Waals surface area contributed by atoms with Crippen LogP contribution in [0.3, 0.4) is 0 Å². The van der Waals surface area contributed by atoms with E-state index in [2.05, 4.69) is 15.2 Å². The molecule has 0 bridgehead atoms. The number of hydrogen-bond acceptors (Lipinski definition) is 8. The number of hydrazone groups is 1. The van der Waals surface area contributed by atoms with E-state index in [-0.39, 0.29) is 21.9 Å². The first-order valence-electron chi connectivity index (χ1n) is 13.1. The molecule has 4 rings (SSSR count). The van der Waals surface area contributed by atoms with E-state index in [9.17, 15) is 18.0 Å². The Hall–Kier alpha value is -4.87. The summed E-state index contributed by atoms with van der Waals surface area (Å²) in [4.78, 5) is 25.6. The van der Waals surface area contributed by atoms with Crippen molar-refractivity contribution in [2.45, 2.75) is 18.7 Å². The molecule has 43 heavy (non-hydrogen) atoms. The lowest BCUT2D eigenvalue weighted by Crippen LogP contribution is -2.21. The number of hydrogen-bond donors (Lipinski definition) is 2. The first kappa shape index (κ1) is 31.1. The molecule has 0 heterocycles. The van der Waals surface area contributed by atoms with Gasteiger partial charge in [0.15, 0.2) is 11.5 Å². The van der Waals surface area contributed by atoms with Gasteiger partial charge in [0.05, 0.1) is 41.1 Å². The Bertz CT molecular complexity index is 1730. The van der Waals surface area contributed by atoms with Crippen LogP contribution in [0.25, 0.3) is 0 Å². The van der Waals surface area contributed by atoms with Gasteiger partial charge in [-0.1, -0.05) is 23.7 Å². The number of anilines is 1. The summed E-state index contributed by atoms with van der Waals surface area (Å²) in [5, 5.41) is 4.39. The van der Waals surface area contributed by atoms with Crippen LogP contribution >= 0.6 is 11.6 Å². The molecule has 222 valence electrons. The van der Waals surface area contributed by atoms with Crippen molar-refractivity contribution in [3.8, 4) is 17.2 Å². The van der Waals surface area contributed by atoms with E-state index in [1.807, 2.05) is 6.92 Å². The zero-order valence-electron chi connectivity index (χ0n) is 23.2. The number of rotatable bonds is 12. The highest BCUT2D eigenvalue weighted by Gasteiger charge is 2.19. The van der Waals surface area contributed by atoms with Crippen molar-refractivity contribution < 1.29 is 32.2 Å². The Morgan fingerprint density at radius 2 is 1.56 bits per heavy atom. The van der Waals surface area contributed by atoms with Crippen LogP contribution in [-0.4, -0.2) is 39.7 Å². The number of benzene rings is 4. The van der Waals surface area contributed by atoms with Gasteiger partial charge in [-0.15, -0.1) is 0 Å². The first-order valence-corrected chi connectivity index (χ1v) is 15.0. The van der Waals surface area contributed by atoms with E-state index in [1.54, 1.807) is 61.5 Å². The monoisotopic (exact) mass is 621 g/mol. The molecule has 0 aliphatic carbocycles. The minimum absolute atomic E-state index is 0.0103. The number of carbonyl (C=O) groups excluding carboxylic acids is 2. The van der Waals surface area contributed by atoms with Crippen molar-refractivity contribution in [1.29, 1.82) is 0 Å². The second-order valence-corrected chi connectivity index (χ2v) is 10.9. The molecule has 4 aromatic carbocycles. The maximum atomic E-state index is 12.9. The Kier molecular flexibility index (Phi) is 10.4. The van der Waals surface area contributed by atoms with Crippen LogP contribution in [0.15, 0.2) is 101 Å². The van der Waals surface area contributed by atoms with Crippen molar-refractivity contribution in [3.05, 3.63) is 113 Å². The molecule has 12 heteroatoms. The Morgan fingerprint density at radius 1 is 0.860 bits per heavy atom. The van der Waals surface area contributed by atoms with Gasteiger partial charge in [-0.05, 0) is 98.3 Å². The van der Waals surface area contributed by atoms with Gasteiger partial charge in [0.25, 0.3) is 15.9 Å². The van der Waals surface area contributed by atoms with Crippen LogP contribution in [0.4, 0.5) is 5.69 Å². The molecule has 0 unspecified atom stereocenters. The Morgan fingerprint density at radius 3 is 2.26 bits per heavy atom. The molecule has 0 saturated heterocycles. The standard InChI is InChI=1S/C31H28ClN3O7S/c1-3-40-24-14-10-22(11-15-24)31(37)42-28-18-9-21(19-29(28)41-4-2)20-33-34-30(36)26-7-5-6-8-27(26)35-43(38,39)25-16-12-23(32)13-17-25/h5-20,35H,3-4H2,1-2H3,(H,34,36)/b33-20+. The number of nitrogens with one attached hydrogen (secondary N) is 2. The highest BCUT2D eigenvalue weighted by molar-refractivity contribution is 7.92. The zero-order valence-corrected chi connectivity index (χ0v) is 24.8. The number of sulfonamides is 1. The normalized spacial score (nSPS) is 11.1. The molecule has 4 aromatic rings. The molecule has 0 atom stereocenters. The molecule has 0 fully saturated rings.